The second kappa shape index (κ2) is 11.2. The van der Waals surface area contributed by atoms with Crippen LogP contribution in [0.25, 0.3) is 89.4 Å². The number of rotatable bonds is 5. The van der Waals surface area contributed by atoms with Crippen molar-refractivity contribution in [2.45, 2.75) is 0 Å². The second-order valence-electron chi connectivity index (χ2n) is 11.5. The Morgan fingerprint density at radius 1 is 0.362 bits per heavy atom. The zero-order valence-corrected chi connectivity index (χ0v) is 25.2. The van der Waals surface area contributed by atoms with Gasteiger partial charge in [0.1, 0.15) is 5.52 Å². The SMILES string of the molecule is c1ccc(-c2nc(-c3ccccc3)nc(-c3cc(-c4cc5ccccc5c5ccccc45)c4nc(-c5ccccc5)oc4c3)n2)cc1. The highest BCUT2D eigenvalue weighted by Gasteiger charge is 2.20. The Labute approximate surface area is 270 Å². The maximum Gasteiger partial charge on any atom is 0.227 e. The molecule has 0 aliphatic heterocycles. The van der Waals surface area contributed by atoms with Crippen LogP contribution in [0.3, 0.4) is 0 Å². The molecule has 0 aliphatic carbocycles. The number of hydrogen-bond acceptors (Lipinski definition) is 5. The maximum absolute atomic E-state index is 6.53. The van der Waals surface area contributed by atoms with Gasteiger partial charge in [-0.15, -0.1) is 0 Å². The van der Waals surface area contributed by atoms with Crippen molar-refractivity contribution < 1.29 is 4.42 Å². The van der Waals surface area contributed by atoms with Gasteiger partial charge in [-0.25, -0.2) is 19.9 Å². The lowest BCUT2D eigenvalue weighted by molar-refractivity contribution is 0.620. The summed E-state index contributed by atoms with van der Waals surface area (Å²) < 4.78 is 6.53. The summed E-state index contributed by atoms with van der Waals surface area (Å²) in [4.78, 5) is 20.1. The molecule has 2 aromatic heterocycles. The normalized spacial score (nSPS) is 11.4. The average molecular weight is 603 g/mol. The topological polar surface area (TPSA) is 64.7 Å². The molecule has 0 bridgehead atoms. The van der Waals surface area contributed by atoms with E-state index in [1.54, 1.807) is 0 Å². The molecule has 2 heterocycles. The van der Waals surface area contributed by atoms with E-state index in [0.29, 0.717) is 28.9 Å². The van der Waals surface area contributed by atoms with Crippen LogP contribution < -0.4 is 0 Å². The summed E-state index contributed by atoms with van der Waals surface area (Å²) in [6, 6.07) is 53.5. The monoisotopic (exact) mass is 602 g/mol. The van der Waals surface area contributed by atoms with Crippen molar-refractivity contribution in [3.05, 3.63) is 158 Å². The van der Waals surface area contributed by atoms with E-state index in [1.807, 2.05) is 97.1 Å². The minimum Gasteiger partial charge on any atom is -0.436 e. The molecular weight excluding hydrogens is 576 g/mol. The van der Waals surface area contributed by atoms with Gasteiger partial charge in [0.15, 0.2) is 23.1 Å². The van der Waals surface area contributed by atoms with Crippen molar-refractivity contribution in [1.82, 2.24) is 19.9 Å². The van der Waals surface area contributed by atoms with E-state index in [9.17, 15) is 0 Å². The molecule has 5 heteroatoms. The van der Waals surface area contributed by atoms with Crippen molar-refractivity contribution in [2.24, 2.45) is 0 Å². The molecule has 5 nitrogen and oxygen atoms in total. The first-order valence-electron chi connectivity index (χ1n) is 15.6. The molecule has 0 saturated carbocycles. The molecule has 0 atom stereocenters. The standard InChI is InChI=1S/C42H26N4O/c1-4-14-27(15-5-1)39-44-40(28-16-6-2-7-17-28)46-41(45-39)31-25-36(38-37(26-31)47-42(43-38)29-18-8-3-9-19-29)35-24-30-20-10-11-21-32(30)33-22-12-13-23-34(33)35/h1-26H. The number of fused-ring (bicyclic) bond motifs is 4. The average Bonchev–Trinajstić information content (AvgIpc) is 3.60. The molecule has 0 N–H and O–H groups in total. The lowest BCUT2D eigenvalue weighted by Gasteiger charge is -2.13. The van der Waals surface area contributed by atoms with Crippen molar-refractivity contribution in [2.75, 3.05) is 0 Å². The van der Waals surface area contributed by atoms with Gasteiger partial charge in [0.25, 0.3) is 0 Å². The van der Waals surface area contributed by atoms with E-state index in [0.717, 1.165) is 49.7 Å². The number of hydrogen-bond donors (Lipinski definition) is 0. The van der Waals surface area contributed by atoms with Gasteiger partial charge < -0.3 is 4.42 Å². The van der Waals surface area contributed by atoms with Crippen LogP contribution in [0.15, 0.2) is 162 Å². The van der Waals surface area contributed by atoms with Crippen molar-refractivity contribution >= 4 is 32.6 Å². The minimum atomic E-state index is 0.559. The largest absolute Gasteiger partial charge is 0.436 e. The molecule has 0 spiro atoms. The van der Waals surface area contributed by atoms with Gasteiger partial charge in [-0.1, -0.05) is 127 Å². The summed E-state index contributed by atoms with van der Waals surface area (Å²) in [5.74, 6) is 2.34. The van der Waals surface area contributed by atoms with E-state index < -0.39 is 0 Å². The minimum absolute atomic E-state index is 0.559. The molecule has 9 rings (SSSR count). The summed E-state index contributed by atoms with van der Waals surface area (Å²) in [6.07, 6.45) is 0. The number of aromatic nitrogens is 4. The first-order chi connectivity index (χ1) is 23.3. The van der Waals surface area contributed by atoms with E-state index in [1.165, 1.54) is 10.8 Å². The predicted molar refractivity (Wildman–Crippen MR) is 190 cm³/mol. The first kappa shape index (κ1) is 26.9. The quantitative estimate of drug-likeness (QED) is 0.183. The zero-order chi connectivity index (χ0) is 31.2. The van der Waals surface area contributed by atoms with Gasteiger partial charge in [0, 0.05) is 27.8 Å². The number of nitrogens with zero attached hydrogens (tertiary/aromatic N) is 4. The van der Waals surface area contributed by atoms with Crippen LogP contribution in [0.5, 0.6) is 0 Å². The molecule has 0 radical (unpaired) electrons. The molecule has 47 heavy (non-hydrogen) atoms. The summed E-state index contributed by atoms with van der Waals surface area (Å²) in [6.45, 7) is 0. The molecule has 7 aromatic carbocycles. The van der Waals surface area contributed by atoms with Crippen LogP contribution in [0.1, 0.15) is 0 Å². The molecule has 0 fully saturated rings. The highest BCUT2D eigenvalue weighted by atomic mass is 16.3. The van der Waals surface area contributed by atoms with Crippen LogP contribution in [-0.4, -0.2) is 19.9 Å². The van der Waals surface area contributed by atoms with Gasteiger partial charge in [-0.3, -0.25) is 0 Å². The lowest BCUT2D eigenvalue weighted by Crippen LogP contribution is -2.00. The molecule has 0 amide bonds. The van der Waals surface area contributed by atoms with Crippen LogP contribution in [0.2, 0.25) is 0 Å². The van der Waals surface area contributed by atoms with Crippen LogP contribution in [0.4, 0.5) is 0 Å². The van der Waals surface area contributed by atoms with Gasteiger partial charge in [-0.2, -0.15) is 0 Å². The zero-order valence-electron chi connectivity index (χ0n) is 25.2. The second-order valence-corrected chi connectivity index (χ2v) is 11.5. The molecule has 9 aromatic rings. The Morgan fingerprint density at radius 3 is 1.51 bits per heavy atom. The number of benzene rings is 7. The Kier molecular flexibility index (Phi) is 6.39. The summed E-state index contributed by atoms with van der Waals surface area (Å²) in [5, 5.41) is 4.69. The Morgan fingerprint density at radius 2 is 0.872 bits per heavy atom. The maximum atomic E-state index is 6.53. The van der Waals surface area contributed by atoms with E-state index in [2.05, 4.69) is 60.7 Å². The van der Waals surface area contributed by atoms with Crippen LogP contribution in [0, 0.1) is 0 Å². The summed E-state index contributed by atoms with van der Waals surface area (Å²) in [5.41, 5.74) is 7.04. The Hall–Kier alpha value is -6.46. The fraction of sp³-hybridized carbons (Fsp3) is 0. The van der Waals surface area contributed by atoms with Crippen molar-refractivity contribution in [1.29, 1.82) is 0 Å². The first-order valence-corrected chi connectivity index (χ1v) is 15.6. The third-order valence-corrected chi connectivity index (χ3v) is 8.53. The van der Waals surface area contributed by atoms with E-state index >= 15 is 0 Å². The van der Waals surface area contributed by atoms with Crippen molar-refractivity contribution in [3.63, 3.8) is 0 Å². The summed E-state index contributed by atoms with van der Waals surface area (Å²) in [7, 11) is 0. The Balaban J connectivity index is 1.35. The molecule has 0 saturated heterocycles. The third-order valence-electron chi connectivity index (χ3n) is 8.53. The third kappa shape index (κ3) is 4.82. The van der Waals surface area contributed by atoms with Crippen LogP contribution in [-0.2, 0) is 0 Å². The number of oxazole rings is 1. The van der Waals surface area contributed by atoms with E-state index in [4.69, 9.17) is 24.4 Å². The van der Waals surface area contributed by atoms with Gasteiger partial charge in [0.2, 0.25) is 5.89 Å². The molecule has 220 valence electrons. The smallest absolute Gasteiger partial charge is 0.227 e. The van der Waals surface area contributed by atoms with Gasteiger partial charge in [0.05, 0.1) is 0 Å². The van der Waals surface area contributed by atoms with E-state index in [-0.39, 0.29) is 0 Å². The van der Waals surface area contributed by atoms with Gasteiger partial charge in [-0.05, 0) is 57.4 Å². The van der Waals surface area contributed by atoms with Gasteiger partial charge >= 0.3 is 0 Å². The Bertz CT molecular complexity index is 2500. The molecule has 0 unspecified atom stereocenters. The highest BCUT2D eigenvalue weighted by Crippen LogP contribution is 2.41. The van der Waals surface area contributed by atoms with Crippen molar-refractivity contribution in [3.8, 4) is 56.7 Å². The lowest BCUT2D eigenvalue weighted by atomic mass is 9.92. The molecular formula is C42H26N4O. The summed E-state index contributed by atoms with van der Waals surface area (Å²) >= 11 is 0. The molecule has 0 aliphatic rings. The van der Waals surface area contributed by atoms with Crippen LogP contribution >= 0.6 is 0 Å². The fourth-order valence-corrected chi connectivity index (χ4v) is 6.28. The fourth-order valence-electron chi connectivity index (χ4n) is 6.28. The predicted octanol–water partition coefficient (Wildman–Crippen LogP) is 10.7. The highest BCUT2D eigenvalue weighted by molar-refractivity contribution is 6.16.